The standard InChI is InChI=1S/C15H26N6O8/c1-6(22)12(15(28)29)21-11(25)5-19-14(27)8(4-10(18)24)20-13(26)7(16)2-3-9(17)23/h6-8,12,22H,2-5,16H2,1H3,(H2,17,23)(H2,18,24)(H,19,27)(H,20,26)(H,21,25)(H,28,29). The fourth-order valence-corrected chi connectivity index (χ4v) is 2.02. The number of primary amides is 2. The highest BCUT2D eigenvalue weighted by molar-refractivity contribution is 5.95. The number of carbonyl (C=O) groups is 6. The number of hydrogen-bond acceptors (Lipinski definition) is 8. The van der Waals surface area contributed by atoms with Crippen molar-refractivity contribution < 1.29 is 39.0 Å². The zero-order valence-corrected chi connectivity index (χ0v) is 15.7. The van der Waals surface area contributed by atoms with Gasteiger partial charge in [-0.3, -0.25) is 24.0 Å². The van der Waals surface area contributed by atoms with E-state index in [2.05, 4.69) is 10.6 Å². The van der Waals surface area contributed by atoms with Gasteiger partial charge in [0.25, 0.3) is 0 Å². The maximum atomic E-state index is 12.2. The van der Waals surface area contributed by atoms with Gasteiger partial charge >= 0.3 is 5.97 Å². The first-order valence-corrected chi connectivity index (χ1v) is 8.45. The molecule has 14 nitrogen and oxygen atoms in total. The van der Waals surface area contributed by atoms with Crippen LogP contribution in [0.1, 0.15) is 26.2 Å². The lowest BCUT2D eigenvalue weighted by Gasteiger charge is -2.20. The van der Waals surface area contributed by atoms with Gasteiger partial charge < -0.3 is 43.4 Å². The van der Waals surface area contributed by atoms with Gasteiger partial charge in [-0.2, -0.15) is 0 Å². The Labute approximate surface area is 165 Å². The number of aliphatic carboxylic acids is 1. The van der Waals surface area contributed by atoms with Gasteiger partial charge in [-0.15, -0.1) is 0 Å². The lowest BCUT2D eigenvalue weighted by atomic mass is 10.1. The number of aliphatic hydroxyl groups excluding tert-OH is 1. The SMILES string of the molecule is CC(O)C(NC(=O)CNC(=O)C(CC(N)=O)NC(=O)C(N)CCC(N)=O)C(=O)O. The maximum absolute atomic E-state index is 12.2. The molecule has 0 aromatic rings. The van der Waals surface area contributed by atoms with Crippen molar-refractivity contribution in [3.8, 4) is 0 Å². The molecule has 29 heavy (non-hydrogen) atoms. The van der Waals surface area contributed by atoms with Crippen molar-refractivity contribution in [2.75, 3.05) is 6.54 Å². The topological polar surface area (TPSA) is 257 Å². The molecule has 5 amide bonds. The number of carboxylic acid groups (broad SMARTS) is 1. The number of aliphatic hydroxyl groups is 1. The van der Waals surface area contributed by atoms with E-state index >= 15 is 0 Å². The summed E-state index contributed by atoms with van der Waals surface area (Å²) in [4.78, 5) is 68.7. The van der Waals surface area contributed by atoms with Gasteiger partial charge in [0.05, 0.1) is 25.1 Å². The molecular formula is C15H26N6O8. The average Bonchev–Trinajstić information content (AvgIpc) is 2.60. The molecule has 0 aromatic carbocycles. The molecule has 0 rings (SSSR count). The van der Waals surface area contributed by atoms with Crippen molar-refractivity contribution in [1.29, 1.82) is 0 Å². The molecule has 11 N–H and O–H groups in total. The van der Waals surface area contributed by atoms with E-state index in [4.69, 9.17) is 22.3 Å². The van der Waals surface area contributed by atoms with Crippen molar-refractivity contribution in [3.63, 3.8) is 0 Å². The minimum atomic E-state index is -1.59. The lowest BCUT2D eigenvalue weighted by molar-refractivity contribution is -0.144. The van der Waals surface area contributed by atoms with Crippen LogP contribution in [0.2, 0.25) is 0 Å². The molecule has 164 valence electrons. The normalized spacial score (nSPS) is 14.6. The summed E-state index contributed by atoms with van der Waals surface area (Å²) in [7, 11) is 0. The number of hydrogen-bond donors (Lipinski definition) is 8. The summed E-state index contributed by atoms with van der Waals surface area (Å²) >= 11 is 0. The Kier molecular flexibility index (Phi) is 10.9. The summed E-state index contributed by atoms with van der Waals surface area (Å²) in [5.41, 5.74) is 15.6. The van der Waals surface area contributed by atoms with E-state index < -0.39 is 72.7 Å². The zero-order chi connectivity index (χ0) is 22.7. The van der Waals surface area contributed by atoms with Crippen molar-refractivity contribution in [3.05, 3.63) is 0 Å². The van der Waals surface area contributed by atoms with E-state index in [0.29, 0.717) is 0 Å². The molecular weight excluding hydrogens is 392 g/mol. The number of carbonyl (C=O) groups excluding carboxylic acids is 5. The minimum absolute atomic E-state index is 0.0929. The van der Waals surface area contributed by atoms with Crippen molar-refractivity contribution in [1.82, 2.24) is 16.0 Å². The Morgan fingerprint density at radius 3 is 2.00 bits per heavy atom. The Morgan fingerprint density at radius 2 is 1.55 bits per heavy atom. The van der Waals surface area contributed by atoms with Gasteiger partial charge in [-0.1, -0.05) is 0 Å². The maximum Gasteiger partial charge on any atom is 0.328 e. The summed E-state index contributed by atoms with van der Waals surface area (Å²) in [5, 5.41) is 24.5. The first-order chi connectivity index (χ1) is 13.3. The van der Waals surface area contributed by atoms with E-state index in [-0.39, 0.29) is 12.8 Å². The second-order valence-electron chi connectivity index (χ2n) is 6.18. The summed E-state index contributed by atoms with van der Waals surface area (Å²) in [6.45, 7) is 0.450. The predicted molar refractivity (Wildman–Crippen MR) is 96.4 cm³/mol. The number of nitrogens with two attached hydrogens (primary N) is 3. The molecule has 4 atom stereocenters. The van der Waals surface area contributed by atoms with Gasteiger partial charge in [-0.25, -0.2) is 4.79 Å². The van der Waals surface area contributed by atoms with Gasteiger partial charge in [0, 0.05) is 6.42 Å². The molecule has 0 aliphatic carbocycles. The van der Waals surface area contributed by atoms with Crippen LogP contribution >= 0.6 is 0 Å². The third kappa shape index (κ3) is 10.6. The Bertz CT molecular complexity index is 653. The number of rotatable bonds is 13. The van der Waals surface area contributed by atoms with Crippen LogP contribution < -0.4 is 33.2 Å². The molecule has 0 heterocycles. The molecule has 0 bridgehead atoms. The quantitative estimate of drug-likeness (QED) is 0.142. The van der Waals surface area contributed by atoms with E-state index in [1.54, 1.807) is 0 Å². The Balaban J connectivity index is 4.85. The highest BCUT2D eigenvalue weighted by Gasteiger charge is 2.28. The van der Waals surface area contributed by atoms with Crippen LogP contribution in [0, 0.1) is 0 Å². The second-order valence-corrected chi connectivity index (χ2v) is 6.18. The third-order valence-corrected chi connectivity index (χ3v) is 3.56. The summed E-state index contributed by atoms with van der Waals surface area (Å²) < 4.78 is 0. The first-order valence-electron chi connectivity index (χ1n) is 8.45. The number of amides is 5. The molecule has 0 fully saturated rings. The van der Waals surface area contributed by atoms with Crippen LogP contribution in [-0.2, 0) is 28.8 Å². The van der Waals surface area contributed by atoms with Crippen LogP contribution in [0.4, 0.5) is 0 Å². The minimum Gasteiger partial charge on any atom is -0.480 e. The molecule has 0 aliphatic rings. The fourth-order valence-electron chi connectivity index (χ4n) is 2.02. The molecule has 0 saturated heterocycles. The van der Waals surface area contributed by atoms with Crippen molar-refractivity contribution in [2.24, 2.45) is 17.2 Å². The van der Waals surface area contributed by atoms with Gasteiger partial charge in [0.2, 0.25) is 29.5 Å². The molecule has 4 unspecified atom stereocenters. The number of nitrogens with one attached hydrogen (secondary N) is 3. The largest absolute Gasteiger partial charge is 0.480 e. The zero-order valence-electron chi connectivity index (χ0n) is 15.7. The van der Waals surface area contributed by atoms with E-state index in [0.717, 1.165) is 6.92 Å². The summed E-state index contributed by atoms with van der Waals surface area (Å²) in [6.07, 6.45) is -2.26. The van der Waals surface area contributed by atoms with Crippen molar-refractivity contribution in [2.45, 2.75) is 50.4 Å². The Hall–Kier alpha value is -3.26. The van der Waals surface area contributed by atoms with Crippen molar-refractivity contribution >= 4 is 35.5 Å². The highest BCUT2D eigenvalue weighted by atomic mass is 16.4. The summed E-state index contributed by atoms with van der Waals surface area (Å²) in [6, 6.07) is -4.24. The van der Waals surface area contributed by atoms with Crippen LogP contribution in [-0.4, -0.2) is 76.5 Å². The van der Waals surface area contributed by atoms with Crippen LogP contribution in [0.3, 0.4) is 0 Å². The molecule has 0 radical (unpaired) electrons. The van der Waals surface area contributed by atoms with Crippen LogP contribution in [0.15, 0.2) is 0 Å². The molecule has 0 aromatic heterocycles. The van der Waals surface area contributed by atoms with E-state index in [1.807, 2.05) is 5.32 Å². The second kappa shape index (κ2) is 12.2. The lowest BCUT2D eigenvalue weighted by Crippen LogP contribution is -2.55. The van der Waals surface area contributed by atoms with E-state index in [1.165, 1.54) is 0 Å². The smallest absolute Gasteiger partial charge is 0.328 e. The highest BCUT2D eigenvalue weighted by Crippen LogP contribution is 1.98. The first kappa shape index (κ1) is 25.7. The molecule has 14 heteroatoms. The number of carboxylic acids is 1. The molecule has 0 saturated carbocycles. The monoisotopic (exact) mass is 418 g/mol. The Morgan fingerprint density at radius 1 is 0.966 bits per heavy atom. The van der Waals surface area contributed by atoms with Crippen LogP contribution in [0.5, 0.6) is 0 Å². The summed E-state index contributed by atoms with van der Waals surface area (Å²) in [5.74, 6) is -5.84. The third-order valence-electron chi connectivity index (χ3n) is 3.56. The average molecular weight is 418 g/mol. The van der Waals surface area contributed by atoms with Gasteiger partial charge in [-0.05, 0) is 13.3 Å². The van der Waals surface area contributed by atoms with E-state index in [9.17, 15) is 33.9 Å². The fraction of sp³-hybridized carbons (Fsp3) is 0.600. The molecule has 0 spiro atoms. The predicted octanol–water partition coefficient (Wildman–Crippen LogP) is -4.99. The van der Waals surface area contributed by atoms with Crippen LogP contribution in [0.25, 0.3) is 0 Å². The van der Waals surface area contributed by atoms with Gasteiger partial charge in [0.15, 0.2) is 6.04 Å². The van der Waals surface area contributed by atoms with Gasteiger partial charge in [0.1, 0.15) is 6.04 Å². The molecule has 0 aliphatic heterocycles.